The Morgan fingerprint density at radius 3 is 2.00 bits per heavy atom. The summed E-state index contributed by atoms with van der Waals surface area (Å²) >= 11 is 0. The summed E-state index contributed by atoms with van der Waals surface area (Å²) in [5, 5.41) is 4.91. The highest BCUT2D eigenvalue weighted by Gasteiger charge is 2.27. The first-order valence-corrected chi connectivity index (χ1v) is 10.8. The standard InChI is InChI=1S/C22H30N4O4/c1-15-7-11-25(12-8-15)21(27)29-18-6-4-5-17-19(18)20(23-24(17)3)30-22(28)26-13-9-16(2)10-14-26/h4-6,15-16H,7-14H2,1-3H3. The van der Waals surface area contributed by atoms with Crippen molar-refractivity contribution in [3.8, 4) is 11.6 Å². The van der Waals surface area contributed by atoms with Crippen molar-refractivity contribution in [2.75, 3.05) is 26.2 Å². The maximum atomic E-state index is 12.7. The number of benzene rings is 1. The third-order valence-electron chi connectivity index (χ3n) is 6.27. The van der Waals surface area contributed by atoms with Crippen LogP contribution >= 0.6 is 0 Å². The first-order chi connectivity index (χ1) is 14.4. The van der Waals surface area contributed by atoms with Crippen LogP contribution in [0.5, 0.6) is 11.6 Å². The predicted octanol–water partition coefficient (Wildman–Crippen LogP) is 4.03. The number of piperidine rings is 2. The minimum absolute atomic E-state index is 0.173. The van der Waals surface area contributed by atoms with E-state index >= 15 is 0 Å². The van der Waals surface area contributed by atoms with Crippen LogP contribution in [-0.2, 0) is 7.05 Å². The third-order valence-corrected chi connectivity index (χ3v) is 6.27. The number of carbonyl (C=O) groups excluding carboxylic acids is 2. The molecule has 0 aliphatic carbocycles. The number of rotatable bonds is 2. The summed E-state index contributed by atoms with van der Waals surface area (Å²) in [4.78, 5) is 28.8. The SMILES string of the molecule is CC1CCN(C(=O)Oc2cccc3c2c(OC(=O)N2CCC(C)CC2)nn3C)CC1. The third kappa shape index (κ3) is 4.22. The Hall–Kier alpha value is -2.77. The number of likely N-dealkylation sites (tertiary alicyclic amines) is 2. The molecule has 0 saturated carbocycles. The zero-order valence-corrected chi connectivity index (χ0v) is 18.0. The van der Waals surface area contributed by atoms with E-state index in [4.69, 9.17) is 9.47 Å². The minimum Gasteiger partial charge on any atom is -0.409 e. The number of fused-ring (bicyclic) bond motifs is 1. The monoisotopic (exact) mass is 414 g/mol. The van der Waals surface area contributed by atoms with Crippen LogP contribution in [0.3, 0.4) is 0 Å². The summed E-state index contributed by atoms with van der Waals surface area (Å²) in [6.45, 7) is 7.14. The molecule has 1 aromatic carbocycles. The molecule has 1 aromatic heterocycles. The number of aromatic nitrogens is 2. The van der Waals surface area contributed by atoms with Crippen LogP contribution in [0.15, 0.2) is 18.2 Å². The van der Waals surface area contributed by atoms with Crippen LogP contribution in [0.4, 0.5) is 9.59 Å². The summed E-state index contributed by atoms with van der Waals surface area (Å²) in [6.07, 6.45) is 3.10. The number of ether oxygens (including phenoxy) is 2. The number of nitrogens with zero attached hydrogens (tertiary/aromatic N) is 4. The first-order valence-electron chi connectivity index (χ1n) is 10.8. The van der Waals surface area contributed by atoms with Gasteiger partial charge in [0, 0.05) is 33.2 Å². The van der Waals surface area contributed by atoms with E-state index in [-0.39, 0.29) is 12.0 Å². The van der Waals surface area contributed by atoms with Gasteiger partial charge in [0.05, 0.1) is 5.52 Å². The molecule has 2 saturated heterocycles. The van der Waals surface area contributed by atoms with Crippen molar-refractivity contribution in [2.45, 2.75) is 39.5 Å². The summed E-state index contributed by atoms with van der Waals surface area (Å²) in [5.41, 5.74) is 0.739. The van der Waals surface area contributed by atoms with Gasteiger partial charge >= 0.3 is 12.2 Å². The van der Waals surface area contributed by atoms with E-state index < -0.39 is 6.09 Å². The van der Waals surface area contributed by atoms with Gasteiger partial charge in [0.25, 0.3) is 5.88 Å². The fourth-order valence-electron chi connectivity index (χ4n) is 4.09. The average Bonchev–Trinajstić information content (AvgIpc) is 3.05. The molecule has 8 heteroatoms. The van der Waals surface area contributed by atoms with Crippen LogP contribution in [-0.4, -0.2) is 57.9 Å². The summed E-state index contributed by atoms with van der Waals surface area (Å²) in [7, 11) is 1.78. The number of hydrogen-bond donors (Lipinski definition) is 0. The maximum absolute atomic E-state index is 12.7. The lowest BCUT2D eigenvalue weighted by Crippen LogP contribution is -2.40. The molecule has 4 rings (SSSR count). The van der Waals surface area contributed by atoms with Crippen molar-refractivity contribution >= 4 is 23.1 Å². The molecule has 162 valence electrons. The molecule has 2 aliphatic rings. The fraction of sp³-hybridized carbons (Fsp3) is 0.591. The Morgan fingerprint density at radius 1 is 0.900 bits per heavy atom. The van der Waals surface area contributed by atoms with Crippen molar-refractivity contribution < 1.29 is 19.1 Å². The highest BCUT2D eigenvalue weighted by atomic mass is 16.6. The topological polar surface area (TPSA) is 76.9 Å². The van der Waals surface area contributed by atoms with E-state index in [1.54, 1.807) is 27.6 Å². The molecule has 0 unspecified atom stereocenters. The van der Waals surface area contributed by atoms with Crippen LogP contribution in [0.2, 0.25) is 0 Å². The zero-order valence-electron chi connectivity index (χ0n) is 18.0. The largest absolute Gasteiger partial charge is 0.416 e. The highest BCUT2D eigenvalue weighted by molar-refractivity contribution is 5.93. The molecule has 2 aliphatic heterocycles. The molecule has 0 radical (unpaired) electrons. The molecule has 0 atom stereocenters. The van der Waals surface area contributed by atoms with Crippen molar-refractivity contribution in [3.05, 3.63) is 18.2 Å². The second kappa shape index (κ2) is 8.53. The van der Waals surface area contributed by atoms with Crippen molar-refractivity contribution in [3.63, 3.8) is 0 Å². The molecular formula is C22H30N4O4. The maximum Gasteiger partial charge on any atom is 0.416 e. The summed E-state index contributed by atoms with van der Waals surface area (Å²) in [5.74, 6) is 1.78. The average molecular weight is 415 g/mol. The number of carbonyl (C=O) groups is 2. The molecule has 0 N–H and O–H groups in total. The van der Waals surface area contributed by atoms with Gasteiger partial charge in [0.2, 0.25) is 0 Å². The van der Waals surface area contributed by atoms with Crippen LogP contribution < -0.4 is 9.47 Å². The Kier molecular flexibility index (Phi) is 5.83. The van der Waals surface area contributed by atoms with Crippen molar-refractivity contribution in [1.29, 1.82) is 0 Å². The van der Waals surface area contributed by atoms with E-state index in [1.807, 2.05) is 12.1 Å². The van der Waals surface area contributed by atoms with E-state index in [1.165, 1.54) is 0 Å². The first kappa shape index (κ1) is 20.5. The van der Waals surface area contributed by atoms with Crippen molar-refractivity contribution in [2.24, 2.45) is 18.9 Å². The van der Waals surface area contributed by atoms with Gasteiger partial charge in [-0.3, -0.25) is 4.68 Å². The molecule has 30 heavy (non-hydrogen) atoms. The number of amides is 2. The molecule has 2 aromatic rings. The molecule has 3 heterocycles. The van der Waals surface area contributed by atoms with Gasteiger partial charge in [0.15, 0.2) is 0 Å². The van der Waals surface area contributed by atoms with Crippen LogP contribution in [0, 0.1) is 11.8 Å². The molecular weight excluding hydrogens is 384 g/mol. The smallest absolute Gasteiger partial charge is 0.409 e. The molecule has 0 spiro atoms. The van der Waals surface area contributed by atoms with Gasteiger partial charge < -0.3 is 19.3 Å². The quantitative estimate of drug-likeness (QED) is 0.741. The lowest BCUT2D eigenvalue weighted by Gasteiger charge is -2.29. The van der Waals surface area contributed by atoms with E-state index in [0.717, 1.165) is 31.2 Å². The van der Waals surface area contributed by atoms with Gasteiger partial charge in [-0.2, -0.15) is 0 Å². The fourth-order valence-corrected chi connectivity index (χ4v) is 4.09. The predicted molar refractivity (Wildman–Crippen MR) is 113 cm³/mol. The van der Waals surface area contributed by atoms with Gasteiger partial charge in [0.1, 0.15) is 11.1 Å². The summed E-state index contributed by atoms with van der Waals surface area (Å²) < 4.78 is 13.0. The van der Waals surface area contributed by atoms with E-state index in [0.29, 0.717) is 49.2 Å². The van der Waals surface area contributed by atoms with Gasteiger partial charge in [-0.1, -0.05) is 19.9 Å². The summed E-state index contributed by atoms with van der Waals surface area (Å²) in [6, 6.07) is 5.39. The zero-order chi connectivity index (χ0) is 21.3. The normalized spacial score (nSPS) is 18.6. The van der Waals surface area contributed by atoms with E-state index in [9.17, 15) is 9.59 Å². The number of hydrogen-bond acceptors (Lipinski definition) is 5. The van der Waals surface area contributed by atoms with Crippen molar-refractivity contribution in [1.82, 2.24) is 19.6 Å². The second-order valence-corrected chi connectivity index (χ2v) is 8.65. The molecule has 8 nitrogen and oxygen atoms in total. The van der Waals surface area contributed by atoms with Crippen LogP contribution in [0.25, 0.3) is 10.9 Å². The number of aryl methyl sites for hydroxylation is 1. The van der Waals surface area contributed by atoms with Gasteiger partial charge in [-0.25, -0.2) is 9.59 Å². The Balaban J connectivity index is 1.54. The molecule has 2 fully saturated rings. The van der Waals surface area contributed by atoms with Gasteiger partial charge in [-0.15, -0.1) is 5.10 Å². The molecule has 2 amide bonds. The highest BCUT2D eigenvalue weighted by Crippen LogP contribution is 2.34. The molecule has 0 bridgehead atoms. The Morgan fingerprint density at radius 2 is 1.43 bits per heavy atom. The van der Waals surface area contributed by atoms with Gasteiger partial charge in [-0.05, 0) is 49.7 Å². The lowest BCUT2D eigenvalue weighted by molar-refractivity contribution is 0.131. The van der Waals surface area contributed by atoms with Crippen LogP contribution in [0.1, 0.15) is 39.5 Å². The Bertz CT molecular complexity index is 925. The Labute approximate surface area is 176 Å². The lowest BCUT2D eigenvalue weighted by atomic mass is 10.00. The van der Waals surface area contributed by atoms with E-state index in [2.05, 4.69) is 18.9 Å². The second-order valence-electron chi connectivity index (χ2n) is 8.65. The minimum atomic E-state index is -0.409.